The molecule has 12 heteroatoms. The molecule has 43 heavy (non-hydrogen) atoms. The molecule has 228 valence electrons. The number of nitrogens with zero attached hydrogens (tertiary/aromatic N) is 2. The van der Waals surface area contributed by atoms with Gasteiger partial charge >= 0.3 is 11.9 Å². The predicted octanol–water partition coefficient (Wildman–Crippen LogP) is 5.93. The molecule has 0 saturated heterocycles. The van der Waals surface area contributed by atoms with E-state index in [0.717, 1.165) is 40.4 Å². The number of methoxy groups -OCH3 is 1. The van der Waals surface area contributed by atoms with E-state index in [1.165, 1.54) is 32.2 Å². The fourth-order valence-electron chi connectivity index (χ4n) is 4.67. The van der Waals surface area contributed by atoms with Crippen molar-refractivity contribution in [2.75, 3.05) is 7.11 Å². The van der Waals surface area contributed by atoms with Crippen LogP contribution in [0.4, 0.5) is 22.0 Å². The molecule has 2 radical (unpaired) electrons. The smallest absolute Gasteiger partial charge is 0.416 e. The number of ether oxygens (including phenoxy) is 1. The Kier molecular flexibility index (Phi) is 11.3. The van der Waals surface area contributed by atoms with Crippen molar-refractivity contribution >= 4 is 7.85 Å². The van der Waals surface area contributed by atoms with E-state index < -0.39 is 52.8 Å². The second-order valence-electron chi connectivity index (χ2n) is 9.91. The number of benzene rings is 2. The minimum absolute atomic E-state index is 0.143. The topological polar surface area (TPSA) is 79.2 Å². The van der Waals surface area contributed by atoms with E-state index in [1.807, 2.05) is 12.2 Å². The molecule has 2 N–H and O–H groups in total. The summed E-state index contributed by atoms with van der Waals surface area (Å²) in [6.07, 6.45) is 4.04. The second kappa shape index (κ2) is 14.5. The Hall–Kier alpha value is -3.93. The molecule has 0 fully saturated rings. The summed E-state index contributed by atoms with van der Waals surface area (Å²) in [5.41, 5.74) is 2.36. The molecule has 1 aromatic heterocycles. The van der Waals surface area contributed by atoms with E-state index in [2.05, 4.69) is 6.92 Å². The molecule has 1 atom stereocenters. The van der Waals surface area contributed by atoms with Gasteiger partial charge in [0.2, 0.25) is 0 Å². The summed E-state index contributed by atoms with van der Waals surface area (Å²) in [5.74, 6) is -2.27. The summed E-state index contributed by atoms with van der Waals surface area (Å²) >= 11 is 0. The second-order valence-corrected chi connectivity index (χ2v) is 9.91. The van der Waals surface area contributed by atoms with Gasteiger partial charge in [-0.3, -0.25) is 13.9 Å². The van der Waals surface area contributed by atoms with Crippen molar-refractivity contribution in [3.05, 3.63) is 109 Å². The molecule has 4 rings (SSSR count). The lowest BCUT2D eigenvalue weighted by Crippen LogP contribution is -2.46. The molecule has 1 aliphatic carbocycles. The lowest BCUT2D eigenvalue weighted by molar-refractivity contribution is -0.138. The SMILES string of the molecule is COc1cccc(-c2c(C)n(Cc3c(F)cccc3C(F)(F)F)c(=O)n(C[C@H](N)C3=CCCC=C3)c2=O)c1F.[B]CCC. The number of allylic oxidation sites excluding steroid dienone is 2. The Bertz CT molecular complexity index is 1620. The van der Waals surface area contributed by atoms with Crippen LogP contribution in [0.3, 0.4) is 0 Å². The zero-order chi connectivity index (χ0) is 31.9. The third kappa shape index (κ3) is 7.54. The maximum atomic E-state index is 15.3. The van der Waals surface area contributed by atoms with E-state index in [4.69, 9.17) is 18.3 Å². The standard InChI is InChI=1S/C28H26F5N3O3.C3H7B/c1-16-24(18-10-6-13-23(39-2)25(18)30)26(37)36(15-22(34)17-8-4-3-5-9-17)27(38)35(16)14-19-20(28(31,32)33)11-7-12-21(19)29;1-2-3-4/h4,6-13,22H,3,5,14-15,34H2,1-2H3;2-3H2,1H3/t22-;/m0./s1. The minimum atomic E-state index is -4.91. The maximum Gasteiger partial charge on any atom is 0.416 e. The van der Waals surface area contributed by atoms with Crippen LogP contribution < -0.4 is 21.7 Å². The van der Waals surface area contributed by atoms with Gasteiger partial charge in [0, 0.05) is 22.9 Å². The fourth-order valence-corrected chi connectivity index (χ4v) is 4.67. The molecule has 2 aromatic carbocycles. The first kappa shape index (κ1) is 33.6. The molecule has 1 heterocycles. The highest BCUT2D eigenvalue weighted by Gasteiger charge is 2.35. The molecule has 0 spiro atoms. The average molecular weight is 601 g/mol. The van der Waals surface area contributed by atoms with Gasteiger partial charge in [0.1, 0.15) is 5.82 Å². The predicted molar refractivity (Wildman–Crippen MR) is 157 cm³/mol. The van der Waals surface area contributed by atoms with Crippen LogP contribution in [-0.2, 0) is 19.3 Å². The highest BCUT2D eigenvalue weighted by atomic mass is 19.4. The molecule has 1 aliphatic rings. The number of nitrogens with two attached hydrogens (primary N) is 1. The van der Waals surface area contributed by atoms with Crippen molar-refractivity contribution in [2.24, 2.45) is 5.73 Å². The van der Waals surface area contributed by atoms with E-state index in [1.54, 1.807) is 6.08 Å². The van der Waals surface area contributed by atoms with E-state index in [9.17, 15) is 27.2 Å². The molecular formula is C31H33BF5N3O3. The first-order valence-corrected chi connectivity index (χ1v) is 13.7. The average Bonchev–Trinajstić information content (AvgIpc) is 2.99. The van der Waals surface area contributed by atoms with Gasteiger partial charge in [0.15, 0.2) is 11.6 Å². The molecule has 0 amide bonds. The first-order valence-electron chi connectivity index (χ1n) is 13.7. The Morgan fingerprint density at radius 2 is 1.74 bits per heavy atom. The lowest BCUT2D eigenvalue weighted by Gasteiger charge is -2.22. The normalized spacial score (nSPS) is 13.7. The summed E-state index contributed by atoms with van der Waals surface area (Å²) in [6, 6.07) is 5.70. The third-order valence-corrected chi connectivity index (χ3v) is 7.00. The number of alkyl halides is 3. The van der Waals surface area contributed by atoms with Crippen LogP contribution in [0.15, 0.2) is 69.8 Å². The summed E-state index contributed by atoms with van der Waals surface area (Å²) in [4.78, 5) is 27.3. The molecule has 6 nitrogen and oxygen atoms in total. The van der Waals surface area contributed by atoms with Crippen molar-refractivity contribution in [3.63, 3.8) is 0 Å². The zero-order valence-electron chi connectivity index (χ0n) is 24.2. The Morgan fingerprint density at radius 1 is 1.07 bits per heavy atom. The molecular weight excluding hydrogens is 568 g/mol. The van der Waals surface area contributed by atoms with Crippen molar-refractivity contribution < 1.29 is 26.7 Å². The zero-order valence-corrected chi connectivity index (χ0v) is 24.2. The number of halogens is 5. The fraction of sp³-hybridized carbons (Fsp3) is 0.355. The first-order chi connectivity index (χ1) is 20.4. The third-order valence-electron chi connectivity index (χ3n) is 7.00. The van der Waals surface area contributed by atoms with Gasteiger partial charge in [-0.25, -0.2) is 13.6 Å². The van der Waals surface area contributed by atoms with Gasteiger partial charge in [-0.1, -0.05) is 56.1 Å². The maximum absolute atomic E-state index is 15.3. The van der Waals surface area contributed by atoms with Gasteiger partial charge in [-0.2, -0.15) is 13.2 Å². The number of aromatic nitrogens is 2. The number of hydrogen-bond donors (Lipinski definition) is 1. The van der Waals surface area contributed by atoms with E-state index in [0.29, 0.717) is 18.1 Å². The summed E-state index contributed by atoms with van der Waals surface area (Å²) in [7, 11) is 6.26. The molecule has 0 aliphatic heterocycles. The van der Waals surface area contributed by atoms with Crippen molar-refractivity contribution in [1.82, 2.24) is 9.13 Å². The number of hydrogen-bond acceptors (Lipinski definition) is 4. The molecule has 0 unspecified atom stereocenters. The van der Waals surface area contributed by atoms with Crippen LogP contribution in [0.2, 0.25) is 6.32 Å². The van der Waals surface area contributed by atoms with Gasteiger partial charge in [0.25, 0.3) is 5.56 Å². The van der Waals surface area contributed by atoms with Crippen LogP contribution >= 0.6 is 0 Å². The Balaban J connectivity index is 0.00000119. The summed E-state index contributed by atoms with van der Waals surface area (Å²) < 4.78 is 77.9. The highest BCUT2D eigenvalue weighted by Crippen LogP contribution is 2.34. The van der Waals surface area contributed by atoms with Crippen LogP contribution in [0, 0.1) is 18.6 Å². The lowest BCUT2D eigenvalue weighted by atomic mass is 10.00. The van der Waals surface area contributed by atoms with E-state index >= 15 is 4.39 Å². The summed E-state index contributed by atoms with van der Waals surface area (Å²) in [6.45, 7) is 2.15. The molecule has 0 bridgehead atoms. The van der Waals surface area contributed by atoms with E-state index in [-0.39, 0.29) is 29.1 Å². The Labute approximate surface area is 247 Å². The Morgan fingerprint density at radius 3 is 2.33 bits per heavy atom. The largest absolute Gasteiger partial charge is 0.494 e. The van der Waals surface area contributed by atoms with Gasteiger partial charge in [-0.05, 0) is 43.5 Å². The van der Waals surface area contributed by atoms with Crippen molar-refractivity contribution in [3.8, 4) is 16.9 Å². The minimum Gasteiger partial charge on any atom is -0.494 e. The van der Waals surface area contributed by atoms with Gasteiger partial charge < -0.3 is 10.5 Å². The molecule has 3 aromatic rings. The van der Waals surface area contributed by atoms with Crippen LogP contribution in [0.5, 0.6) is 5.75 Å². The van der Waals surface area contributed by atoms with Gasteiger partial charge in [0.05, 0.1) is 39.2 Å². The highest BCUT2D eigenvalue weighted by molar-refractivity contribution is 6.08. The quantitative estimate of drug-likeness (QED) is 0.257. The van der Waals surface area contributed by atoms with Crippen molar-refractivity contribution in [2.45, 2.75) is 64.7 Å². The summed E-state index contributed by atoms with van der Waals surface area (Å²) in [5, 5.41) is 0. The van der Waals surface area contributed by atoms with Crippen LogP contribution in [-0.4, -0.2) is 30.1 Å². The van der Waals surface area contributed by atoms with Crippen LogP contribution in [0.25, 0.3) is 11.1 Å². The number of rotatable bonds is 8. The molecule has 0 saturated carbocycles. The van der Waals surface area contributed by atoms with Crippen LogP contribution in [0.1, 0.15) is 43.0 Å². The monoisotopic (exact) mass is 601 g/mol. The van der Waals surface area contributed by atoms with Crippen molar-refractivity contribution in [1.29, 1.82) is 0 Å². The van der Waals surface area contributed by atoms with Gasteiger partial charge in [-0.15, -0.1) is 0 Å².